The Labute approximate surface area is 164 Å². The van der Waals surface area contributed by atoms with Crippen molar-refractivity contribution in [1.29, 1.82) is 5.26 Å². The van der Waals surface area contributed by atoms with Gasteiger partial charge in [0, 0.05) is 38.3 Å². The summed E-state index contributed by atoms with van der Waals surface area (Å²) in [4.78, 5) is 12.7. The first kappa shape index (κ1) is 19.8. The summed E-state index contributed by atoms with van der Waals surface area (Å²) in [6, 6.07) is 14.6. The molecule has 7 nitrogen and oxygen atoms in total. The third-order valence-electron chi connectivity index (χ3n) is 4.74. The van der Waals surface area contributed by atoms with Crippen LogP contribution in [-0.2, 0) is 17.8 Å². The monoisotopic (exact) mass is 380 g/mol. The number of hydrogen-bond acceptors (Lipinski definition) is 6. The standard InChI is InChI=1S/C21H24N4O3/c1-15-12-24(13-16(2)28-15)14-18-5-3-17(4-6-18)11-23-21-8-7-20(25(26)27)9-19(21)10-22/h3-9,15-16,23H,11-14H2,1-2H3/t15-,16-/m0/s1. The summed E-state index contributed by atoms with van der Waals surface area (Å²) in [5, 5.41) is 23.2. The lowest BCUT2D eigenvalue weighted by Gasteiger charge is -2.35. The molecule has 0 spiro atoms. The van der Waals surface area contributed by atoms with Crippen molar-refractivity contribution in [2.45, 2.75) is 39.1 Å². The number of morpholine rings is 1. The zero-order valence-electron chi connectivity index (χ0n) is 16.1. The summed E-state index contributed by atoms with van der Waals surface area (Å²) in [7, 11) is 0. The minimum absolute atomic E-state index is 0.0850. The first-order valence-electron chi connectivity index (χ1n) is 9.32. The highest BCUT2D eigenvalue weighted by atomic mass is 16.6. The molecule has 0 saturated carbocycles. The number of ether oxygens (including phenoxy) is 1. The van der Waals surface area contributed by atoms with Gasteiger partial charge in [0.1, 0.15) is 6.07 Å². The van der Waals surface area contributed by atoms with Crippen LogP contribution in [0.25, 0.3) is 0 Å². The molecule has 1 saturated heterocycles. The fourth-order valence-electron chi connectivity index (χ4n) is 3.52. The Morgan fingerprint density at radius 1 is 1.18 bits per heavy atom. The number of rotatable bonds is 6. The molecule has 0 aliphatic carbocycles. The summed E-state index contributed by atoms with van der Waals surface area (Å²) < 4.78 is 5.78. The Morgan fingerprint density at radius 3 is 2.43 bits per heavy atom. The lowest BCUT2D eigenvalue weighted by atomic mass is 10.1. The largest absolute Gasteiger partial charge is 0.380 e. The summed E-state index contributed by atoms with van der Waals surface area (Å²) in [5.41, 5.74) is 3.10. The van der Waals surface area contributed by atoms with Crippen LogP contribution >= 0.6 is 0 Å². The number of hydrogen-bond donors (Lipinski definition) is 1. The molecular formula is C21H24N4O3. The van der Waals surface area contributed by atoms with Crippen molar-refractivity contribution in [3.05, 3.63) is 69.3 Å². The Morgan fingerprint density at radius 2 is 1.82 bits per heavy atom. The van der Waals surface area contributed by atoms with Gasteiger partial charge in [-0.3, -0.25) is 15.0 Å². The molecule has 0 radical (unpaired) electrons. The van der Waals surface area contributed by atoms with Gasteiger partial charge in [0.15, 0.2) is 0 Å². The molecule has 2 atom stereocenters. The van der Waals surface area contributed by atoms with Crippen LogP contribution in [0.15, 0.2) is 42.5 Å². The van der Waals surface area contributed by atoms with Crippen molar-refractivity contribution in [2.75, 3.05) is 18.4 Å². The third kappa shape index (κ3) is 5.06. The van der Waals surface area contributed by atoms with E-state index < -0.39 is 4.92 Å². The van der Waals surface area contributed by atoms with Gasteiger partial charge in [-0.05, 0) is 31.0 Å². The van der Waals surface area contributed by atoms with E-state index >= 15 is 0 Å². The number of non-ortho nitro benzene ring substituents is 1. The average molecular weight is 380 g/mol. The molecule has 1 aliphatic rings. The highest BCUT2D eigenvalue weighted by Crippen LogP contribution is 2.22. The van der Waals surface area contributed by atoms with Crippen LogP contribution in [0.4, 0.5) is 11.4 Å². The second-order valence-electron chi connectivity index (χ2n) is 7.22. The molecule has 1 aliphatic heterocycles. The first-order valence-corrected chi connectivity index (χ1v) is 9.32. The van der Waals surface area contributed by atoms with E-state index in [1.807, 2.05) is 6.07 Å². The topological polar surface area (TPSA) is 91.4 Å². The molecule has 146 valence electrons. The molecule has 0 aromatic heterocycles. The van der Waals surface area contributed by atoms with Gasteiger partial charge in [0.25, 0.3) is 5.69 Å². The SMILES string of the molecule is C[C@H]1CN(Cc2ccc(CNc3ccc([N+](=O)[O-])cc3C#N)cc2)C[C@H](C)O1. The summed E-state index contributed by atoms with van der Waals surface area (Å²) in [5.74, 6) is 0. The highest BCUT2D eigenvalue weighted by Gasteiger charge is 2.21. The Bertz CT molecular complexity index is 866. The van der Waals surface area contributed by atoms with E-state index in [0.717, 1.165) is 25.2 Å². The summed E-state index contributed by atoms with van der Waals surface area (Å²) in [6.07, 6.45) is 0.506. The lowest BCUT2D eigenvalue weighted by molar-refractivity contribution is -0.384. The molecule has 0 unspecified atom stereocenters. The van der Waals surface area contributed by atoms with Crippen LogP contribution in [0.1, 0.15) is 30.5 Å². The normalized spacial score (nSPS) is 19.8. The van der Waals surface area contributed by atoms with Gasteiger partial charge in [-0.25, -0.2) is 0 Å². The molecule has 2 aromatic rings. The van der Waals surface area contributed by atoms with E-state index in [1.165, 1.54) is 17.7 Å². The van der Waals surface area contributed by atoms with Crippen LogP contribution in [-0.4, -0.2) is 35.1 Å². The molecular weight excluding hydrogens is 356 g/mol. The molecule has 7 heteroatoms. The maximum Gasteiger partial charge on any atom is 0.270 e. The third-order valence-corrected chi connectivity index (χ3v) is 4.74. The van der Waals surface area contributed by atoms with Gasteiger partial charge < -0.3 is 10.1 Å². The molecule has 0 bridgehead atoms. The van der Waals surface area contributed by atoms with Crippen LogP contribution in [0, 0.1) is 21.4 Å². The van der Waals surface area contributed by atoms with E-state index in [-0.39, 0.29) is 23.5 Å². The predicted molar refractivity (Wildman–Crippen MR) is 107 cm³/mol. The van der Waals surface area contributed by atoms with E-state index in [1.54, 1.807) is 6.07 Å². The van der Waals surface area contributed by atoms with Crippen molar-refractivity contribution in [3.8, 4) is 6.07 Å². The molecule has 3 rings (SSSR count). The number of anilines is 1. The number of nitro benzene ring substituents is 1. The van der Waals surface area contributed by atoms with Gasteiger partial charge in [-0.1, -0.05) is 24.3 Å². The van der Waals surface area contributed by atoms with Crippen molar-refractivity contribution in [2.24, 2.45) is 0 Å². The highest BCUT2D eigenvalue weighted by molar-refractivity contribution is 5.61. The van der Waals surface area contributed by atoms with Crippen molar-refractivity contribution >= 4 is 11.4 Å². The smallest absolute Gasteiger partial charge is 0.270 e. The van der Waals surface area contributed by atoms with E-state index in [2.05, 4.69) is 48.3 Å². The lowest BCUT2D eigenvalue weighted by Crippen LogP contribution is -2.44. The van der Waals surface area contributed by atoms with Crippen LogP contribution in [0.5, 0.6) is 0 Å². The van der Waals surface area contributed by atoms with E-state index in [9.17, 15) is 15.4 Å². The molecule has 0 amide bonds. The minimum atomic E-state index is -0.501. The first-order chi connectivity index (χ1) is 13.4. The van der Waals surface area contributed by atoms with Crippen molar-refractivity contribution < 1.29 is 9.66 Å². The van der Waals surface area contributed by atoms with Crippen LogP contribution in [0.2, 0.25) is 0 Å². The van der Waals surface area contributed by atoms with Gasteiger partial charge in [-0.15, -0.1) is 0 Å². The Balaban J connectivity index is 1.59. The predicted octanol–water partition coefficient (Wildman–Crippen LogP) is 3.69. The van der Waals surface area contributed by atoms with Gasteiger partial charge in [0.05, 0.1) is 28.4 Å². The molecule has 1 fully saturated rings. The molecule has 2 aromatic carbocycles. The molecule has 1 N–H and O–H groups in total. The second kappa shape index (κ2) is 8.83. The van der Waals surface area contributed by atoms with Crippen LogP contribution < -0.4 is 5.32 Å². The minimum Gasteiger partial charge on any atom is -0.380 e. The Hall–Kier alpha value is -2.95. The summed E-state index contributed by atoms with van der Waals surface area (Å²) >= 11 is 0. The van der Waals surface area contributed by atoms with Crippen LogP contribution in [0.3, 0.4) is 0 Å². The molecule has 28 heavy (non-hydrogen) atoms. The van der Waals surface area contributed by atoms with E-state index in [4.69, 9.17) is 4.74 Å². The Kier molecular flexibility index (Phi) is 6.24. The average Bonchev–Trinajstić information content (AvgIpc) is 2.66. The number of benzene rings is 2. The number of nitrogens with zero attached hydrogens (tertiary/aromatic N) is 3. The number of nitrogens with one attached hydrogen (secondary N) is 1. The number of nitriles is 1. The van der Waals surface area contributed by atoms with Gasteiger partial charge in [-0.2, -0.15) is 5.26 Å². The maximum atomic E-state index is 10.8. The number of nitro groups is 1. The molecule has 1 heterocycles. The summed E-state index contributed by atoms with van der Waals surface area (Å²) in [6.45, 7) is 7.51. The van der Waals surface area contributed by atoms with Crippen molar-refractivity contribution in [3.63, 3.8) is 0 Å². The van der Waals surface area contributed by atoms with Crippen molar-refractivity contribution in [1.82, 2.24) is 4.90 Å². The maximum absolute atomic E-state index is 10.8. The van der Waals surface area contributed by atoms with E-state index in [0.29, 0.717) is 12.2 Å². The fourth-order valence-corrected chi connectivity index (χ4v) is 3.52. The van der Waals surface area contributed by atoms with Gasteiger partial charge in [0.2, 0.25) is 0 Å². The fraction of sp³-hybridized carbons (Fsp3) is 0.381. The quantitative estimate of drug-likeness (QED) is 0.607. The zero-order valence-corrected chi connectivity index (χ0v) is 16.1. The second-order valence-corrected chi connectivity index (χ2v) is 7.22. The van der Waals surface area contributed by atoms with Gasteiger partial charge >= 0.3 is 0 Å². The zero-order chi connectivity index (χ0) is 20.1.